The summed E-state index contributed by atoms with van der Waals surface area (Å²) in [5.41, 5.74) is 2.46. The van der Waals surface area contributed by atoms with E-state index in [1.165, 1.54) is 0 Å². The van der Waals surface area contributed by atoms with Gasteiger partial charge in [0.2, 0.25) is 5.91 Å². The molecule has 0 bridgehead atoms. The number of carboxylic acid groups (broad SMARTS) is 1. The Balaban J connectivity index is 1.23. The van der Waals surface area contributed by atoms with Gasteiger partial charge in [0, 0.05) is 43.9 Å². The van der Waals surface area contributed by atoms with Gasteiger partial charge in [-0.15, -0.1) is 0 Å². The van der Waals surface area contributed by atoms with E-state index in [-0.39, 0.29) is 30.6 Å². The number of pyridine rings is 1. The van der Waals surface area contributed by atoms with Crippen molar-refractivity contribution >= 4 is 17.8 Å². The predicted molar refractivity (Wildman–Crippen MR) is 138 cm³/mol. The number of carboxylic acids is 1. The SMILES string of the molecule is O=C(CC1CCN(C(=O)c2ccncc2)CC1)N[C@@H](Cc1ccc(OCc2ccccc2)cc1)C(=O)O. The van der Waals surface area contributed by atoms with E-state index in [0.29, 0.717) is 43.9 Å². The van der Waals surface area contributed by atoms with Gasteiger partial charge in [-0.05, 0) is 54.2 Å². The minimum atomic E-state index is -1.07. The highest BCUT2D eigenvalue weighted by atomic mass is 16.5. The van der Waals surface area contributed by atoms with Crippen molar-refractivity contribution in [3.05, 3.63) is 95.8 Å². The summed E-state index contributed by atoms with van der Waals surface area (Å²) in [6, 6.07) is 19.4. The van der Waals surface area contributed by atoms with Crippen LogP contribution in [0.25, 0.3) is 0 Å². The maximum absolute atomic E-state index is 12.6. The number of ether oxygens (including phenoxy) is 1. The van der Waals surface area contributed by atoms with Crippen molar-refractivity contribution in [3.63, 3.8) is 0 Å². The number of carbonyl (C=O) groups excluding carboxylic acids is 2. The number of hydrogen-bond donors (Lipinski definition) is 2. The van der Waals surface area contributed by atoms with Crippen LogP contribution in [0.1, 0.15) is 40.7 Å². The van der Waals surface area contributed by atoms with Gasteiger partial charge in [0.1, 0.15) is 18.4 Å². The van der Waals surface area contributed by atoms with Crippen LogP contribution in [0.3, 0.4) is 0 Å². The lowest BCUT2D eigenvalue weighted by atomic mass is 9.92. The first-order valence-corrected chi connectivity index (χ1v) is 12.4. The lowest BCUT2D eigenvalue weighted by Gasteiger charge is -2.32. The Morgan fingerprint density at radius 1 is 0.946 bits per heavy atom. The van der Waals surface area contributed by atoms with Crippen LogP contribution in [0.4, 0.5) is 0 Å². The molecule has 0 radical (unpaired) electrons. The first kappa shape index (κ1) is 25.9. The highest BCUT2D eigenvalue weighted by Crippen LogP contribution is 2.22. The van der Waals surface area contributed by atoms with Gasteiger partial charge < -0.3 is 20.1 Å². The van der Waals surface area contributed by atoms with E-state index in [1.54, 1.807) is 41.6 Å². The van der Waals surface area contributed by atoms with Crippen molar-refractivity contribution < 1.29 is 24.2 Å². The van der Waals surface area contributed by atoms with Gasteiger partial charge in [-0.2, -0.15) is 0 Å². The lowest BCUT2D eigenvalue weighted by molar-refractivity contribution is -0.142. The minimum absolute atomic E-state index is 0.0345. The van der Waals surface area contributed by atoms with Gasteiger partial charge in [0.15, 0.2) is 0 Å². The van der Waals surface area contributed by atoms with Crippen molar-refractivity contribution in [2.45, 2.75) is 38.3 Å². The number of hydrogen-bond acceptors (Lipinski definition) is 5. The molecule has 1 atom stereocenters. The molecule has 1 aromatic heterocycles. The molecular formula is C29H31N3O5. The summed E-state index contributed by atoms with van der Waals surface area (Å²) >= 11 is 0. The molecule has 192 valence electrons. The molecule has 8 heteroatoms. The average Bonchev–Trinajstić information content (AvgIpc) is 2.93. The normalized spacial score (nSPS) is 14.5. The van der Waals surface area contributed by atoms with Crippen LogP contribution in [0, 0.1) is 5.92 Å². The molecule has 0 spiro atoms. The number of aromatic nitrogens is 1. The van der Waals surface area contributed by atoms with Gasteiger partial charge in [0.05, 0.1) is 0 Å². The third-order valence-corrected chi connectivity index (χ3v) is 6.55. The molecule has 2 N–H and O–H groups in total. The number of amides is 2. The molecule has 2 heterocycles. The molecule has 8 nitrogen and oxygen atoms in total. The van der Waals surface area contributed by atoms with Crippen molar-refractivity contribution in [1.29, 1.82) is 0 Å². The number of likely N-dealkylation sites (tertiary alicyclic amines) is 1. The van der Waals surface area contributed by atoms with Crippen molar-refractivity contribution in [2.24, 2.45) is 5.92 Å². The second kappa shape index (κ2) is 12.7. The molecule has 1 saturated heterocycles. The molecule has 0 saturated carbocycles. The van der Waals surface area contributed by atoms with E-state index in [9.17, 15) is 19.5 Å². The van der Waals surface area contributed by atoms with E-state index in [4.69, 9.17) is 4.74 Å². The van der Waals surface area contributed by atoms with Gasteiger partial charge in [-0.3, -0.25) is 14.6 Å². The zero-order valence-electron chi connectivity index (χ0n) is 20.6. The Bertz CT molecular complexity index is 1180. The van der Waals surface area contributed by atoms with Crippen LogP contribution in [0.5, 0.6) is 5.75 Å². The van der Waals surface area contributed by atoms with Crippen molar-refractivity contribution in [3.8, 4) is 5.75 Å². The largest absolute Gasteiger partial charge is 0.489 e. The predicted octanol–water partition coefficient (Wildman–Crippen LogP) is 3.72. The third kappa shape index (κ3) is 7.64. The van der Waals surface area contributed by atoms with Gasteiger partial charge >= 0.3 is 5.97 Å². The summed E-state index contributed by atoms with van der Waals surface area (Å²) in [6.07, 6.45) is 5.01. The van der Waals surface area contributed by atoms with E-state index in [0.717, 1.165) is 11.1 Å². The van der Waals surface area contributed by atoms with Gasteiger partial charge in [0.25, 0.3) is 5.91 Å². The van der Waals surface area contributed by atoms with Crippen LogP contribution >= 0.6 is 0 Å². The summed E-state index contributed by atoms with van der Waals surface area (Å²) in [4.78, 5) is 42.8. The number of benzene rings is 2. The van der Waals surface area contributed by atoms with Crippen LogP contribution in [0.2, 0.25) is 0 Å². The fourth-order valence-corrected chi connectivity index (χ4v) is 4.43. The average molecular weight is 502 g/mol. The fraction of sp³-hybridized carbons (Fsp3) is 0.310. The van der Waals surface area contributed by atoms with Crippen LogP contribution in [0.15, 0.2) is 79.1 Å². The molecule has 4 rings (SSSR count). The molecular weight excluding hydrogens is 470 g/mol. The molecule has 3 aromatic rings. The molecule has 2 amide bonds. The second-order valence-corrected chi connectivity index (χ2v) is 9.26. The number of piperidine rings is 1. The first-order valence-electron chi connectivity index (χ1n) is 12.4. The van der Waals surface area contributed by atoms with Crippen LogP contribution in [-0.2, 0) is 22.6 Å². The molecule has 0 unspecified atom stereocenters. The third-order valence-electron chi connectivity index (χ3n) is 6.55. The summed E-state index contributed by atoms with van der Waals surface area (Å²) in [6.45, 7) is 1.59. The Labute approximate surface area is 216 Å². The smallest absolute Gasteiger partial charge is 0.326 e. The minimum Gasteiger partial charge on any atom is -0.489 e. The Kier molecular flexibility index (Phi) is 8.86. The van der Waals surface area contributed by atoms with Gasteiger partial charge in [-0.1, -0.05) is 42.5 Å². The number of nitrogens with zero attached hydrogens (tertiary/aromatic N) is 2. The zero-order valence-corrected chi connectivity index (χ0v) is 20.6. The van der Waals surface area contributed by atoms with E-state index >= 15 is 0 Å². The highest BCUT2D eigenvalue weighted by molar-refractivity contribution is 5.94. The summed E-state index contributed by atoms with van der Waals surface area (Å²) in [5.74, 6) is -0.591. The Hall–Kier alpha value is -4.20. The first-order chi connectivity index (χ1) is 18.0. The van der Waals surface area contributed by atoms with E-state index in [1.807, 2.05) is 42.5 Å². The van der Waals surface area contributed by atoms with Crippen LogP contribution in [-0.4, -0.2) is 51.9 Å². The topological polar surface area (TPSA) is 109 Å². The summed E-state index contributed by atoms with van der Waals surface area (Å²) < 4.78 is 5.78. The van der Waals surface area contributed by atoms with Crippen molar-refractivity contribution in [1.82, 2.24) is 15.2 Å². The molecule has 37 heavy (non-hydrogen) atoms. The Morgan fingerprint density at radius 2 is 1.62 bits per heavy atom. The van der Waals surface area contributed by atoms with E-state index in [2.05, 4.69) is 10.3 Å². The molecule has 1 aliphatic heterocycles. The van der Waals surface area contributed by atoms with Crippen LogP contribution < -0.4 is 10.1 Å². The van der Waals surface area contributed by atoms with E-state index < -0.39 is 12.0 Å². The monoisotopic (exact) mass is 501 g/mol. The van der Waals surface area contributed by atoms with Crippen molar-refractivity contribution in [2.75, 3.05) is 13.1 Å². The molecule has 2 aromatic carbocycles. The maximum Gasteiger partial charge on any atom is 0.326 e. The molecule has 1 fully saturated rings. The zero-order chi connectivity index (χ0) is 26.0. The number of aliphatic carboxylic acids is 1. The number of nitrogens with one attached hydrogen (secondary N) is 1. The van der Waals surface area contributed by atoms with Gasteiger partial charge in [-0.25, -0.2) is 4.79 Å². The lowest BCUT2D eigenvalue weighted by Crippen LogP contribution is -2.44. The fourth-order valence-electron chi connectivity index (χ4n) is 4.43. The quantitative estimate of drug-likeness (QED) is 0.438. The number of carbonyl (C=O) groups is 3. The maximum atomic E-state index is 12.6. The summed E-state index contributed by atoms with van der Waals surface area (Å²) in [5, 5.41) is 12.3. The second-order valence-electron chi connectivity index (χ2n) is 9.26. The molecule has 0 aliphatic carbocycles. The highest BCUT2D eigenvalue weighted by Gasteiger charge is 2.27. The standard InChI is InChI=1S/C29H31N3O5/c33-27(19-22-12-16-32(17-13-22)28(34)24-10-14-30-15-11-24)31-26(29(35)36)18-21-6-8-25(9-7-21)37-20-23-4-2-1-3-5-23/h1-11,14-15,22,26H,12-13,16-20H2,(H,31,33)(H,35,36)/t26-/m0/s1. The Morgan fingerprint density at radius 3 is 2.27 bits per heavy atom. The summed E-state index contributed by atoms with van der Waals surface area (Å²) in [7, 11) is 0. The number of rotatable bonds is 10. The molecule has 1 aliphatic rings.